The fourth-order valence-corrected chi connectivity index (χ4v) is 2.04. The van der Waals surface area contributed by atoms with E-state index in [0.29, 0.717) is 13.2 Å². The predicted octanol–water partition coefficient (Wildman–Crippen LogP) is 1.59. The van der Waals surface area contributed by atoms with Crippen LogP contribution in [-0.2, 0) is 14.2 Å². The molecule has 0 amide bonds. The van der Waals surface area contributed by atoms with Gasteiger partial charge in [0.1, 0.15) is 0 Å². The Labute approximate surface area is 105 Å². The van der Waals surface area contributed by atoms with Crippen molar-refractivity contribution < 1.29 is 14.2 Å². The van der Waals surface area contributed by atoms with Gasteiger partial charge in [-0.1, -0.05) is 0 Å². The van der Waals surface area contributed by atoms with Gasteiger partial charge in [0.2, 0.25) is 0 Å². The van der Waals surface area contributed by atoms with Gasteiger partial charge in [0.25, 0.3) is 0 Å². The van der Waals surface area contributed by atoms with E-state index in [1.54, 1.807) is 7.11 Å². The smallest absolute Gasteiger partial charge is 0.0700 e. The van der Waals surface area contributed by atoms with Gasteiger partial charge in [0.15, 0.2) is 0 Å². The maximum atomic E-state index is 5.56. The molecule has 1 aliphatic heterocycles. The lowest BCUT2D eigenvalue weighted by Crippen LogP contribution is -2.21. The zero-order valence-corrected chi connectivity index (χ0v) is 11.1. The number of nitrogens with one attached hydrogen (secondary N) is 1. The summed E-state index contributed by atoms with van der Waals surface area (Å²) < 4.78 is 15.8. The molecule has 0 aromatic carbocycles. The third-order valence-corrected chi connectivity index (χ3v) is 3.01. The average molecular weight is 245 g/mol. The van der Waals surface area contributed by atoms with Gasteiger partial charge in [0, 0.05) is 33.0 Å². The second-order valence-electron chi connectivity index (χ2n) is 4.51. The minimum Gasteiger partial charge on any atom is -0.382 e. The summed E-state index contributed by atoms with van der Waals surface area (Å²) in [4.78, 5) is 0. The van der Waals surface area contributed by atoms with Crippen molar-refractivity contribution in [2.24, 2.45) is 0 Å². The number of hydrogen-bond donors (Lipinski definition) is 1. The van der Waals surface area contributed by atoms with Gasteiger partial charge in [-0.2, -0.15) is 0 Å². The van der Waals surface area contributed by atoms with E-state index >= 15 is 0 Å². The average Bonchev–Trinajstić information content (AvgIpc) is 2.85. The van der Waals surface area contributed by atoms with Gasteiger partial charge in [0.05, 0.1) is 13.2 Å². The molecule has 1 saturated heterocycles. The van der Waals surface area contributed by atoms with Gasteiger partial charge in [-0.15, -0.1) is 0 Å². The first-order chi connectivity index (χ1) is 8.43. The van der Waals surface area contributed by atoms with Crippen LogP contribution >= 0.6 is 0 Å². The van der Waals surface area contributed by atoms with E-state index in [-0.39, 0.29) is 0 Å². The van der Waals surface area contributed by atoms with Crippen molar-refractivity contribution >= 4 is 0 Å². The third-order valence-electron chi connectivity index (χ3n) is 3.01. The Morgan fingerprint density at radius 1 is 1.00 bits per heavy atom. The van der Waals surface area contributed by atoms with Crippen molar-refractivity contribution in [2.45, 2.75) is 38.1 Å². The molecule has 0 bridgehead atoms. The Hall–Kier alpha value is -0.160. The molecule has 4 heteroatoms. The molecule has 1 aliphatic rings. The summed E-state index contributed by atoms with van der Waals surface area (Å²) in [6.45, 7) is 5.03. The molecule has 4 nitrogen and oxygen atoms in total. The lowest BCUT2D eigenvalue weighted by Gasteiger charge is -2.09. The normalized spacial score (nSPS) is 19.9. The number of methoxy groups -OCH3 is 1. The number of hydrogen-bond acceptors (Lipinski definition) is 4. The first-order valence-electron chi connectivity index (χ1n) is 6.81. The second-order valence-corrected chi connectivity index (χ2v) is 4.51. The van der Waals surface area contributed by atoms with Crippen molar-refractivity contribution in [3.63, 3.8) is 0 Å². The molecule has 102 valence electrons. The van der Waals surface area contributed by atoms with Crippen molar-refractivity contribution in [1.29, 1.82) is 0 Å². The number of rotatable bonds is 11. The van der Waals surface area contributed by atoms with Crippen LogP contribution in [0.3, 0.4) is 0 Å². The fourth-order valence-electron chi connectivity index (χ4n) is 2.04. The Morgan fingerprint density at radius 2 is 1.76 bits per heavy atom. The molecule has 1 fully saturated rings. The van der Waals surface area contributed by atoms with Crippen LogP contribution in [-0.4, -0.2) is 52.7 Å². The first kappa shape index (κ1) is 14.9. The van der Waals surface area contributed by atoms with E-state index in [9.17, 15) is 0 Å². The molecule has 0 aromatic heterocycles. The van der Waals surface area contributed by atoms with Crippen LogP contribution in [0.1, 0.15) is 32.1 Å². The van der Waals surface area contributed by atoms with Crippen molar-refractivity contribution in [1.82, 2.24) is 5.32 Å². The van der Waals surface area contributed by atoms with E-state index in [0.717, 1.165) is 32.3 Å². The van der Waals surface area contributed by atoms with Crippen LogP contribution in [0.4, 0.5) is 0 Å². The largest absolute Gasteiger partial charge is 0.382 e. The van der Waals surface area contributed by atoms with Gasteiger partial charge in [-0.3, -0.25) is 0 Å². The predicted molar refractivity (Wildman–Crippen MR) is 68.4 cm³/mol. The molecule has 0 aromatic rings. The molecular weight excluding hydrogens is 218 g/mol. The molecular formula is C13H27NO3. The highest BCUT2D eigenvalue weighted by Gasteiger charge is 2.12. The summed E-state index contributed by atoms with van der Waals surface area (Å²) in [6, 6.07) is 0.746. The van der Waals surface area contributed by atoms with E-state index < -0.39 is 0 Å². The summed E-state index contributed by atoms with van der Waals surface area (Å²) in [5.74, 6) is 0. The van der Waals surface area contributed by atoms with Gasteiger partial charge >= 0.3 is 0 Å². The van der Waals surface area contributed by atoms with Gasteiger partial charge in [-0.25, -0.2) is 0 Å². The second kappa shape index (κ2) is 11.0. The van der Waals surface area contributed by atoms with Crippen molar-refractivity contribution in [2.75, 3.05) is 46.7 Å². The molecule has 1 N–H and O–H groups in total. The van der Waals surface area contributed by atoms with Crippen LogP contribution < -0.4 is 5.32 Å². The summed E-state index contributed by atoms with van der Waals surface area (Å²) in [5.41, 5.74) is 0. The highest BCUT2D eigenvalue weighted by Crippen LogP contribution is 2.10. The molecule has 0 aliphatic carbocycles. The molecule has 1 heterocycles. The Bertz CT molecular complexity index is 161. The lowest BCUT2D eigenvalue weighted by molar-refractivity contribution is 0.0506. The van der Waals surface area contributed by atoms with Crippen LogP contribution in [0.15, 0.2) is 0 Å². The quantitative estimate of drug-likeness (QED) is 0.561. The Morgan fingerprint density at radius 3 is 2.47 bits per heavy atom. The van der Waals surface area contributed by atoms with Crippen molar-refractivity contribution in [3.8, 4) is 0 Å². The first-order valence-corrected chi connectivity index (χ1v) is 6.81. The molecule has 0 saturated carbocycles. The molecule has 17 heavy (non-hydrogen) atoms. The Balaban J connectivity index is 1.69. The topological polar surface area (TPSA) is 39.7 Å². The van der Waals surface area contributed by atoms with Crippen LogP contribution in [0.25, 0.3) is 0 Å². The third kappa shape index (κ3) is 8.55. The van der Waals surface area contributed by atoms with Gasteiger partial charge in [-0.05, 0) is 38.6 Å². The fraction of sp³-hybridized carbons (Fsp3) is 1.00. The number of ether oxygens (including phenoxy) is 3. The monoisotopic (exact) mass is 245 g/mol. The minimum absolute atomic E-state index is 0.676. The standard InChI is InChI=1S/C13H27NO3/c1-15-11-12-17-10-4-9-16-8-3-6-13-5-2-7-14-13/h13-14H,2-12H2,1H3. The molecule has 1 atom stereocenters. The van der Waals surface area contributed by atoms with E-state index in [4.69, 9.17) is 14.2 Å². The highest BCUT2D eigenvalue weighted by molar-refractivity contribution is 4.73. The zero-order valence-electron chi connectivity index (χ0n) is 11.1. The maximum absolute atomic E-state index is 5.56. The molecule has 0 spiro atoms. The summed E-state index contributed by atoms with van der Waals surface area (Å²) in [6.07, 6.45) is 6.08. The van der Waals surface area contributed by atoms with Crippen LogP contribution in [0.5, 0.6) is 0 Å². The highest BCUT2D eigenvalue weighted by atomic mass is 16.5. The van der Waals surface area contributed by atoms with Gasteiger partial charge < -0.3 is 19.5 Å². The molecule has 0 radical (unpaired) electrons. The zero-order chi connectivity index (χ0) is 12.2. The summed E-state index contributed by atoms with van der Waals surface area (Å²) in [5, 5.41) is 3.50. The van der Waals surface area contributed by atoms with Crippen LogP contribution in [0.2, 0.25) is 0 Å². The van der Waals surface area contributed by atoms with Crippen molar-refractivity contribution in [3.05, 3.63) is 0 Å². The summed E-state index contributed by atoms with van der Waals surface area (Å²) in [7, 11) is 1.69. The van der Waals surface area contributed by atoms with E-state index in [1.165, 1.54) is 32.2 Å². The molecule has 1 rings (SSSR count). The van der Waals surface area contributed by atoms with E-state index in [2.05, 4.69) is 5.32 Å². The van der Waals surface area contributed by atoms with E-state index in [1.807, 2.05) is 0 Å². The maximum Gasteiger partial charge on any atom is 0.0700 e. The minimum atomic E-state index is 0.676. The SMILES string of the molecule is COCCOCCCOCCCC1CCCN1. The Kier molecular flexibility index (Phi) is 9.61. The summed E-state index contributed by atoms with van der Waals surface area (Å²) >= 11 is 0. The molecule has 1 unspecified atom stereocenters. The van der Waals surface area contributed by atoms with Crippen LogP contribution in [0, 0.1) is 0 Å². The lowest BCUT2D eigenvalue weighted by atomic mass is 10.1.